The van der Waals surface area contributed by atoms with E-state index in [1.54, 1.807) is 24.3 Å². The lowest BCUT2D eigenvalue weighted by Crippen LogP contribution is -2.05. The van der Waals surface area contributed by atoms with Gasteiger partial charge in [0.15, 0.2) is 0 Å². The molecule has 1 heterocycles. The predicted molar refractivity (Wildman–Crippen MR) is 85.7 cm³/mol. The second kappa shape index (κ2) is 6.31. The number of hydrogen-bond donors (Lipinski definition) is 0. The van der Waals surface area contributed by atoms with Crippen LogP contribution in [0.2, 0.25) is 0 Å². The van der Waals surface area contributed by atoms with Crippen LogP contribution in [0.15, 0.2) is 47.9 Å². The highest BCUT2D eigenvalue weighted by Gasteiger charge is 2.29. The molecule has 22 heavy (non-hydrogen) atoms. The van der Waals surface area contributed by atoms with Gasteiger partial charge in [-0.05, 0) is 23.8 Å². The molecule has 0 bridgehead atoms. The molecule has 0 amide bonds. The summed E-state index contributed by atoms with van der Waals surface area (Å²) in [5.41, 5.74) is 1.67. The molecular formula is C17H13ClF2OS. The zero-order valence-corrected chi connectivity index (χ0v) is 13.2. The highest BCUT2D eigenvalue weighted by atomic mass is 35.5. The number of alkyl halides is 1. The lowest BCUT2D eigenvalue weighted by molar-refractivity contribution is 0.358. The highest BCUT2D eigenvalue weighted by molar-refractivity contribution is 7.98. The van der Waals surface area contributed by atoms with Crippen LogP contribution in [-0.2, 0) is 5.75 Å². The summed E-state index contributed by atoms with van der Waals surface area (Å²) in [6, 6.07) is 7.67. The number of hydrogen-bond acceptors (Lipinski definition) is 2. The van der Waals surface area contributed by atoms with Gasteiger partial charge in [0.25, 0.3) is 0 Å². The molecule has 0 saturated carbocycles. The summed E-state index contributed by atoms with van der Waals surface area (Å²) in [4.78, 5) is 0.466. The van der Waals surface area contributed by atoms with Gasteiger partial charge < -0.3 is 4.74 Å². The average molecular weight is 339 g/mol. The molecule has 0 radical (unpaired) electrons. The quantitative estimate of drug-likeness (QED) is 0.542. The summed E-state index contributed by atoms with van der Waals surface area (Å²) in [6.45, 7) is 3.90. The van der Waals surface area contributed by atoms with Gasteiger partial charge in [0, 0.05) is 21.8 Å². The summed E-state index contributed by atoms with van der Waals surface area (Å²) in [7, 11) is 0. The maximum Gasteiger partial charge on any atom is 0.137 e. The van der Waals surface area contributed by atoms with Gasteiger partial charge in [-0.2, -0.15) is 0 Å². The SMILES string of the molecule is C=CCOc1ccc(F)c2c1C(Cl)c1cccc(F)c1SC2. The first kappa shape index (κ1) is 15.4. The van der Waals surface area contributed by atoms with Gasteiger partial charge in [-0.3, -0.25) is 0 Å². The monoisotopic (exact) mass is 338 g/mol. The first-order valence-corrected chi connectivity index (χ1v) is 8.16. The Morgan fingerprint density at radius 1 is 1.27 bits per heavy atom. The standard InChI is InChI=1S/C17H13ClF2OS/c1-2-8-21-14-7-6-12(19)11-9-22-17-10(16(18)15(11)14)4-3-5-13(17)20/h2-7,16H,1,8-9H2. The summed E-state index contributed by atoms with van der Waals surface area (Å²) >= 11 is 7.81. The van der Waals surface area contributed by atoms with E-state index in [1.165, 1.54) is 23.9 Å². The van der Waals surface area contributed by atoms with E-state index in [1.807, 2.05) is 0 Å². The van der Waals surface area contributed by atoms with Crippen molar-refractivity contribution in [1.82, 2.24) is 0 Å². The predicted octanol–water partition coefficient (Wildman–Crippen LogP) is 5.46. The summed E-state index contributed by atoms with van der Waals surface area (Å²) in [5, 5.41) is -0.661. The number of halogens is 3. The molecule has 1 unspecified atom stereocenters. The molecule has 1 nitrogen and oxygen atoms in total. The highest BCUT2D eigenvalue weighted by Crippen LogP contribution is 2.47. The number of thioether (sulfide) groups is 1. The third-order valence-electron chi connectivity index (χ3n) is 3.50. The van der Waals surface area contributed by atoms with Crippen molar-refractivity contribution in [2.24, 2.45) is 0 Å². The van der Waals surface area contributed by atoms with Crippen LogP contribution in [-0.4, -0.2) is 6.61 Å². The molecule has 0 fully saturated rings. The van der Waals surface area contributed by atoms with E-state index in [0.717, 1.165) is 0 Å². The van der Waals surface area contributed by atoms with E-state index in [0.29, 0.717) is 39.7 Å². The minimum Gasteiger partial charge on any atom is -0.489 e. The number of ether oxygens (including phenoxy) is 1. The van der Waals surface area contributed by atoms with Crippen molar-refractivity contribution in [3.05, 3.63) is 71.3 Å². The zero-order valence-electron chi connectivity index (χ0n) is 11.6. The van der Waals surface area contributed by atoms with Crippen molar-refractivity contribution in [2.75, 3.05) is 6.61 Å². The minimum atomic E-state index is -0.661. The molecule has 0 spiro atoms. The van der Waals surface area contributed by atoms with Crippen LogP contribution in [0.4, 0.5) is 8.78 Å². The lowest BCUT2D eigenvalue weighted by Gasteiger charge is -2.18. The van der Waals surface area contributed by atoms with Crippen LogP contribution < -0.4 is 4.74 Å². The molecule has 0 aliphatic carbocycles. The Labute approximate surface area is 136 Å². The van der Waals surface area contributed by atoms with Crippen molar-refractivity contribution in [1.29, 1.82) is 0 Å². The average Bonchev–Trinajstić information content (AvgIpc) is 2.67. The van der Waals surface area contributed by atoms with E-state index in [-0.39, 0.29) is 11.6 Å². The van der Waals surface area contributed by atoms with E-state index in [4.69, 9.17) is 16.3 Å². The molecule has 5 heteroatoms. The van der Waals surface area contributed by atoms with Gasteiger partial charge in [-0.25, -0.2) is 8.78 Å². The Morgan fingerprint density at radius 2 is 2.09 bits per heavy atom. The fraction of sp³-hybridized carbons (Fsp3) is 0.176. The smallest absolute Gasteiger partial charge is 0.137 e. The van der Waals surface area contributed by atoms with Crippen LogP contribution in [0.5, 0.6) is 5.75 Å². The molecule has 0 N–H and O–H groups in total. The summed E-state index contributed by atoms with van der Waals surface area (Å²) in [6.07, 6.45) is 1.61. The van der Waals surface area contributed by atoms with Crippen molar-refractivity contribution in [2.45, 2.75) is 16.0 Å². The van der Waals surface area contributed by atoms with E-state index in [2.05, 4.69) is 6.58 Å². The number of fused-ring (bicyclic) bond motifs is 2. The second-order valence-corrected chi connectivity index (χ2v) is 6.27. The van der Waals surface area contributed by atoms with E-state index in [9.17, 15) is 8.78 Å². The lowest BCUT2D eigenvalue weighted by atomic mass is 9.98. The Hall–Kier alpha value is -1.52. The topological polar surface area (TPSA) is 9.23 Å². The summed E-state index contributed by atoms with van der Waals surface area (Å²) < 4.78 is 33.9. The van der Waals surface area contributed by atoms with Crippen molar-refractivity contribution < 1.29 is 13.5 Å². The van der Waals surface area contributed by atoms with Gasteiger partial charge in [-0.15, -0.1) is 23.4 Å². The largest absolute Gasteiger partial charge is 0.489 e. The van der Waals surface area contributed by atoms with E-state index >= 15 is 0 Å². The summed E-state index contributed by atoms with van der Waals surface area (Å²) in [5.74, 6) is 0.125. The fourth-order valence-electron chi connectivity index (χ4n) is 2.49. The third-order valence-corrected chi connectivity index (χ3v) is 5.11. The normalized spacial score (nSPS) is 16.4. The Morgan fingerprint density at radius 3 is 2.86 bits per heavy atom. The van der Waals surface area contributed by atoms with Gasteiger partial charge in [0.1, 0.15) is 24.0 Å². The van der Waals surface area contributed by atoms with Crippen LogP contribution in [0.1, 0.15) is 22.1 Å². The number of benzene rings is 2. The first-order valence-electron chi connectivity index (χ1n) is 6.73. The Kier molecular flexibility index (Phi) is 4.41. The molecule has 3 rings (SSSR count). The van der Waals surface area contributed by atoms with Crippen LogP contribution in [0, 0.1) is 11.6 Å². The second-order valence-electron chi connectivity index (χ2n) is 4.85. The van der Waals surface area contributed by atoms with Gasteiger partial charge in [0.05, 0.1) is 5.38 Å². The molecule has 1 aliphatic heterocycles. The van der Waals surface area contributed by atoms with Crippen molar-refractivity contribution in [3.8, 4) is 5.75 Å². The molecule has 2 aromatic carbocycles. The molecule has 0 aromatic heterocycles. The van der Waals surface area contributed by atoms with Crippen LogP contribution >= 0.6 is 23.4 Å². The van der Waals surface area contributed by atoms with E-state index < -0.39 is 5.38 Å². The van der Waals surface area contributed by atoms with Gasteiger partial charge >= 0.3 is 0 Å². The maximum atomic E-state index is 14.2. The Bertz CT molecular complexity index is 733. The third kappa shape index (κ3) is 2.61. The van der Waals surface area contributed by atoms with Crippen LogP contribution in [0.3, 0.4) is 0 Å². The van der Waals surface area contributed by atoms with Crippen molar-refractivity contribution in [3.63, 3.8) is 0 Å². The zero-order chi connectivity index (χ0) is 15.7. The van der Waals surface area contributed by atoms with Crippen LogP contribution in [0.25, 0.3) is 0 Å². The number of rotatable bonds is 3. The fourth-order valence-corrected chi connectivity index (χ4v) is 4.12. The Balaban J connectivity index is 2.18. The van der Waals surface area contributed by atoms with Gasteiger partial charge in [-0.1, -0.05) is 24.8 Å². The maximum absolute atomic E-state index is 14.2. The van der Waals surface area contributed by atoms with Crippen molar-refractivity contribution >= 4 is 23.4 Å². The van der Waals surface area contributed by atoms with Gasteiger partial charge in [0.2, 0.25) is 0 Å². The molecule has 114 valence electrons. The molecular weight excluding hydrogens is 326 g/mol. The molecule has 2 aromatic rings. The first-order chi connectivity index (χ1) is 10.6. The molecule has 1 atom stereocenters. The minimum absolute atomic E-state index is 0.296. The molecule has 1 aliphatic rings. The molecule has 0 saturated heterocycles.